The number of carbonyl (C=O) groups excluding carboxylic acids is 1. The van der Waals surface area contributed by atoms with Gasteiger partial charge in [-0.2, -0.15) is 0 Å². The molecule has 32 heavy (non-hydrogen) atoms. The van der Waals surface area contributed by atoms with Gasteiger partial charge in [-0.05, 0) is 24.1 Å². The number of halogens is 1. The van der Waals surface area contributed by atoms with Crippen molar-refractivity contribution in [2.75, 3.05) is 11.9 Å². The molecule has 0 unspecified atom stereocenters. The third-order valence-corrected chi connectivity index (χ3v) is 6.59. The Morgan fingerprint density at radius 1 is 1.16 bits per heavy atom. The van der Waals surface area contributed by atoms with Crippen LogP contribution < -0.4 is 15.6 Å². The van der Waals surface area contributed by atoms with E-state index in [1.165, 1.54) is 11.8 Å². The molecular weight excluding hydrogens is 446 g/mol. The summed E-state index contributed by atoms with van der Waals surface area (Å²) >= 11 is 7.59. The van der Waals surface area contributed by atoms with Crippen molar-refractivity contribution in [2.45, 2.75) is 43.0 Å². The molecule has 4 rings (SSSR count). The second kappa shape index (κ2) is 10.2. The Morgan fingerprint density at radius 2 is 1.94 bits per heavy atom. The molecule has 6 nitrogen and oxygen atoms in total. The minimum atomic E-state index is -0.421. The van der Waals surface area contributed by atoms with Crippen LogP contribution in [0.1, 0.15) is 48.8 Å². The van der Waals surface area contributed by atoms with Gasteiger partial charge in [0.15, 0.2) is 5.16 Å². The first-order valence-electron chi connectivity index (χ1n) is 10.6. The number of hydrogen-bond acceptors (Lipinski definition) is 5. The topological polar surface area (TPSA) is 84.1 Å². The standard InChI is InChI=1S/C24H24ClN3O3S/c1-2-3-12-31-19-11-7-5-9-16(19)17-13-20(29)26-22-21(17)23(30)28-24(27-22)32-14-15-8-4-6-10-18(15)25/h4-11,17H,2-3,12-14H2,1H3,(H2,26,27,28,29,30)/t17-/m1/s1. The fourth-order valence-corrected chi connectivity index (χ4v) is 4.82. The average molecular weight is 470 g/mol. The molecule has 0 radical (unpaired) electrons. The first-order valence-corrected chi connectivity index (χ1v) is 11.9. The molecule has 1 aromatic heterocycles. The molecule has 166 valence electrons. The first kappa shape index (κ1) is 22.4. The van der Waals surface area contributed by atoms with Crippen LogP contribution in [0.15, 0.2) is 58.5 Å². The molecule has 8 heteroatoms. The molecule has 2 N–H and O–H groups in total. The summed E-state index contributed by atoms with van der Waals surface area (Å²) in [5.41, 5.74) is 1.96. The van der Waals surface area contributed by atoms with Crippen molar-refractivity contribution in [1.82, 2.24) is 9.97 Å². The lowest BCUT2D eigenvalue weighted by Gasteiger charge is -2.26. The van der Waals surface area contributed by atoms with E-state index in [4.69, 9.17) is 16.3 Å². The van der Waals surface area contributed by atoms with Gasteiger partial charge in [0.25, 0.3) is 5.56 Å². The van der Waals surface area contributed by atoms with Crippen LogP contribution in [0.5, 0.6) is 5.75 Å². The number of carbonyl (C=O) groups is 1. The van der Waals surface area contributed by atoms with E-state index in [9.17, 15) is 9.59 Å². The van der Waals surface area contributed by atoms with Gasteiger partial charge in [-0.25, -0.2) is 4.98 Å². The number of benzene rings is 2. The highest BCUT2D eigenvalue weighted by atomic mass is 35.5. The van der Waals surface area contributed by atoms with E-state index in [1.807, 2.05) is 48.5 Å². The highest BCUT2D eigenvalue weighted by molar-refractivity contribution is 7.98. The number of rotatable bonds is 8. The third kappa shape index (κ3) is 5.00. The van der Waals surface area contributed by atoms with Gasteiger partial charge in [0.1, 0.15) is 11.6 Å². The molecule has 2 heterocycles. The van der Waals surface area contributed by atoms with E-state index in [0.717, 1.165) is 24.0 Å². The van der Waals surface area contributed by atoms with Gasteiger partial charge in [-0.15, -0.1) is 0 Å². The quantitative estimate of drug-likeness (QED) is 0.263. The van der Waals surface area contributed by atoms with E-state index in [-0.39, 0.29) is 17.9 Å². The Kier molecular flexibility index (Phi) is 7.17. The van der Waals surface area contributed by atoms with Crippen molar-refractivity contribution in [1.29, 1.82) is 0 Å². The molecule has 0 fully saturated rings. The maximum Gasteiger partial charge on any atom is 0.257 e. The predicted octanol–water partition coefficient (Wildman–Crippen LogP) is 5.37. The van der Waals surface area contributed by atoms with Gasteiger partial charge >= 0.3 is 0 Å². The highest BCUT2D eigenvalue weighted by Crippen LogP contribution is 2.39. The lowest BCUT2D eigenvalue weighted by atomic mass is 9.86. The van der Waals surface area contributed by atoms with Gasteiger partial charge in [-0.3, -0.25) is 9.59 Å². The zero-order chi connectivity index (χ0) is 22.5. The fourth-order valence-electron chi connectivity index (χ4n) is 3.67. The van der Waals surface area contributed by atoms with Gasteiger partial charge in [-0.1, -0.05) is 73.1 Å². The summed E-state index contributed by atoms with van der Waals surface area (Å²) in [6.45, 7) is 2.69. The summed E-state index contributed by atoms with van der Waals surface area (Å²) in [6, 6.07) is 15.1. The molecular formula is C24H24ClN3O3S. The van der Waals surface area contributed by atoms with Gasteiger partial charge in [0.2, 0.25) is 5.91 Å². The predicted molar refractivity (Wildman–Crippen MR) is 128 cm³/mol. The van der Waals surface area contributed by atoms with Gasteiger partial charge < -0.3 is 15.0 Å². The number of nitrogens with one attached hydrogen (secondary N) is 2. The normalized spacial score (nSPS) is 15.2. The molecule has 3 aromatic rings. The van der Waals surface area contributed by atoms with Crippen molar-refractivity contribution in [3.63, 3.8) is 0 Å². The number of nitrogens with zero attached hydrogens (tertiary/aromatic N) is 1. The monoisotopic (exact) mass is 469 g/mol. The zero-order valence-corrected chi connectivity index (χ0v) is 19.3. The summed E-state index contributed by atoms with van der Waals surface area (Å²) in [4.78, 5) is 33.0. The van der Waals surface area contributed by atoms with Crippen molar-refractivity contribution >= 4 is 35.1 Å². The summed E-state index contributed by atoms with van der Waals surface area (Å²) in [5, 5.41) is 3.86. The SMILES string of the molecule is CCCCOc1ccccc1[C@H]1CC(=O)Nc2nc(SCc3ccccc3Cl)[nH]c(=O)c21. The summed E-state index contributed by atoms with van der Waals surface area (Å²) in [6.07, 6.45) is 2.12. The van der Waals surface area contributed by atoms with E-state index in [0.29, 0.717) is 39.7 Å². The molecule has 1 atom stereocenters. The highest BCUT2D eigenvalue weighted by Gasteiger charge is 2.32. The molecule has 0 saturated carbocycles. The van der Waals surface area contributed by atoms with Crippen molar-refractivity contribution in [3.05, 3.63) is 80.6 Å². The Hall–Kier alpha value is -2.77. The number of amides is 1. The van der Waals surface area contributed by atoms with Crippen LogP contribution in [0.3, 0.4) is 0 Å². The Balaban J connectivity index is 1.64. The molecule has 1 aliphatic heterocycles. The van der Waals surface area contributed by atoms with Crippen LogP contribution in [-0.4, -0.2) is 22.5 Å². The Morgan fingerprint density at radius 3 is 2.75 bits per heavy atom. The molecule has 0 bridgehead atoms. The van der Waals surface area contributed by atoms with Crippen LogP contribution in [0.25, 0.3) is 0 Å². The van der Waals surface area contributed by atoms with Crippen LogP contribution in [0.2, 0.25) is 5.02 Å². The molecule has 2 aromatic carbocycles. The number of aromatic nitrogens is 2. The third-order valence-electron chi connectivity index (χ3n) is 5.30. The molecule has 0 saturated heterocycles. The number of unbranched alkanes of at least 4 members (excludes halogenated alkanes) is 1. The van der Waals surface area contributed by atoms with E-state index < -0.39 is 5.92 Å². The molecule has 0 spiro atoms. The number of aromatic amines is 1. The van der Waals surface area contributed by atoms with Crippen molar-refractivity contribution < 1.29 is 9.53 Å². The van der Waals surface area contributed by atoms with Crippen LogP contribution in [0.4, 0.5) is 5.82 Å². The van der Waals surface area contributed by atoms with Crippen LogP contribution in [0, 0.1) is 0 Å². The number of para-hydroxylation sites is 1. The van der Waals surface area contributed by atoms with Gasteiger partial charge in [0, 0.05) is 28.7 Å². The van der Waals surface area contributed by atoms with Crippen molar-refractivity contribution in [2.24, 2.45) is 0 Å². The second-order valence-corrected chi connectivity index (χ2v) is 8.93. The lowest BCUT2D eigenvalue weighted by molar-refractivity contribution is -0.116. The maximum absolute atomic E-state index is 13.1. The van der Waals surface area contributed by atoms with Crippen molar-refractivity contribution in [3.8, 4) is 5.75 Å². The zero-order valence-electron chi connectivity index (χ0n) is 17.7. The fraction of sp³-hybridized carbons (Fsp3) is 0.292. The smallest absolute Gasteiger partial charge is 0.257 e. The average Bonchev–Trinajstić information content (AvgIpc) is 2.78. The number of fused-ring (bicyclic) bond motifs is 1. The molecule has 1 aliphatic rings. The van der Waals surface area contributed by atoms with E-state index in [2.05, 4.69) is 22.2 Å². The largest absolute Gasteiger partial charge is 0.493 e. The number of hydrogen-bond donors (Lipinski definition) is 2. The number of ether oxygens (including phenoxy) is 1. The van der Waals surface area contributed by atoms with Crippen LogP contribution in [-0.2, 0) is 10.5 Å². The first-order chi connectivity index (χ1) is 15.6. The Bertz CT molecular complexity index is 1180. The summed E-state index contributed by atoms with van der Waals surface area (Å²) in [7, 11) is 0. The van der Waals surface area contributed by atoms with E-state index >= 15 is 0 Å². The lowest BCUT2D eigenvalue weighted by Crippen LogP contribution is -2.31. The summed E-state index contributed by atoms with van der Waals surface area (Å²) < 4.78 is 5.96. The number of anilines is 1. The molecule has 0 aliphatic carbocycles. The Labute approximate surface area is 195 Å². The maximum atomic E-state index is 13.1. The number of thioether (sulfide) groups is 1. The minimum Gasteiger partial charge on any atom is -0.493 e. The number of H-pyrrole nitrogens is 1. The minimum absolute atomic E-state index is 0.165. The van der Waals surface area contributed by atoms with Gasteiger partial charge in [0.05, 0.1) is 12.2 Å². The second-order valence-electron chi connectivity index (χ2n) is 7.56. The summed E-state index contributed by atoms with van der Waals surface area (Å²) in [5.74, 6) is 0.956. The van der Waals surface area contributed by atoms with Crippen LogP contribution >= 0.6 is 23.4 Å². The molecule has 1 amide bonds. The van der Waals surface area contributed by atoms with E-state index in [1.54, 1.807) is 0 Å².